The van der Waals surface area contributed by atoms with Crippen molar-refractivity contribution in [2.45, 2.75) is 64.2 Å². The normalized spacial score (nSPS) is 10.7. The first kappa shape index (κ1) is 21.9. The molecule has 2 aromatic rings. The van der Waals surface area contributed by atoms with Crippen molar-refractivity contribution in [3.8, 4) is 23.0 Å². The number of phenolic OH excluding ortho intramolecular Hbond substituents is 2. The van der Waals surface area contributed by atoms with Gasteiger partial charge in [0.15, 0.2) is 0 Å². The Morgan fingerprint density at radius 2 is 0.857 bits per heavy atom. The van der Waals surface area contributed by atoms with Crippen molar-refractivity contribution in [1.29, 1.82) is 0 Å². The van der Waals surface area contributed by atoms with Gasteiger partial charge >= 0.3 is 0 Å². The van der Waals surface area contributed by atoms with Crippen LogP contribution in [0, 0.1) is 0 Å². The summed E-state index contributed by atoms with van der Waals surface area (Å²) in [5, 5.41) is 18.8. The van der Waals surface area contributed by atoms with E-state index in [-0.39, 0.29) is 11.5 Å². The predicted molar refractivity (Wildman–Crippen MR) is 113 cm³/mol. The molecule has 2 rings (SSSR count). The summed E-state index contributed by atoms with van der Waals surface area (Å²) in [5.41, 5.74) is 0. The van der Waals surface area contributed by atoms with Crippen LogP contribution >= 0.6 is 0 Å². The Morgan fingerprint density at radius 1 is 0.500 bits per heavy atom. The second-order valence-electron chi connectivity index (χ2n) is 7.23. The zero-order chi connectivity index (χ0) is 19.9. The highest BCUT2D eigenvalue weighted by atomic mass is 16.5. The zero-order valence-corrected chi connectivity index (χ0v) is 16.8. The Labute approximate surface area is 169 Å². The van der Waals surface area contributed by atoms with Crippen molar-refractivity contribution in [3.05, 3.63) is 48.5 Å². The Morgan fingerprint density at radius 3 is 1.21 bits per heavy atom. The topological polar surface area (TPSA) is 58.9 Å². The van der Waals surface area contributed by atoms with Gasteiger partial charge in [-0.2, -0.15) is 0 Å². The van der Waals surface area contributed by atoms with Crippen LogP contribution in [0.15, 0.2) is 48.5 Å². The average molecular weight is 387 g/mol. The summed E-state index contributed by atoms with van der Waals surface area (Å²) in [7, 11) is 0. The Hall–Kier alpha value is -2.36. The Kier molecular flexibility index (Phi) is 10.8. The Bertz CT molecular complexity index is 599. The number of benzene rings is 2. The van der Waals surface area contributed by atoms with Crippen LogP contribution in [0.2, 0.25) is 0 Å². The number of unbranched alkanes of at least 4 members (excludes halogenated alkanes) is 9. The standard InChI is InChI=1S/C24H34O4/c25-21-13-11-15-23(19-21)27-17-9-7-5-3-1-2-4-6-8-10-18-28-24-16-12-14-22(26)20-24/h11-16,19-20,25-26H,1-10,17-18H2. The van der Waals surface area contributed by atoms with Crippen molar-refractivity contribution >= 4 is 0 Å². The summed E-state index contributed by atoms with van der Waals surface area (Å²) < 4.78 is 11.3. The minimum atomic E-state index is 0.251. The molecule has 0 spiro atoms. The summed E-state index contributed by atoms with van der Waals surface area (Å²) in [6.07, 6.45) is 12.3. The zero-order valence-electron chi connectivity index (χ0n) is 16.8. The maximum Gasteiger partial charge on any atom is 0.122 e. The third kappa shape index (κ3) is 10.1. The average Bonchev–Trinajstić information content (AvgIpc) is 2.68. The molecule has 28 heavy (non-hydrogen) atoms. The van der Waals surface area contributed by atoms with E-state index in [1.165, 1.54) is 51.4 Å². The van der Waals surface area contributed by atoms with Gasteiger partial charge in [-0.05, 0) is 37.1 Å². The number of hydrogen-bond donors (Lipinski definition) is 2. The lowest BCUT2D eigenvalue weighted by atomic mass is 10.1. The fraction of sp³-hybridized carbons (Fsp3) is 0.500. The number of phenols is 2. The van der Waals surface area contributed by atoms with E-state index in [2.05, 4.69) is 0 Å². The lowest BCUT2D eigenvalue weighted by molar-refractivity contribution is 0.301. The molecular formula is C24H34O4. The predicted octanol–water partition coefficient (Wildman–Crippen LogP) is 6.46. The first-order valence-electron chi connectivity index (χ1n) is 10.6. The van der Waals surface area contributed by atoms with E-state index in [0.717, 1.165) is 24.3 Å². The van der Waals surface area contributed by atoms with Crippen LogP contribution in [0.4, 0.5) is 0 Å². The van der Waals surface area contributed by atoms with Crippen molar-refractivity contribution < 1.29 is 19.7 Å². The quantitative estimate of drug-likeness (QED) is 0.345. The molecule has 0 aliphatic rings. The van der Waals surface area contributed by atoms with E-state index in [1.54, 1.807) is 36.4 Å². The highest BCUT2D eigenvalue weighted by Crippen LogP contribution is 2.19. The minimum absolute atomic E-state index is 0.251. The van der Waals surface area contributed by atoms with E-state index in [9.17, 15) is 10.2 Å². The molecule has 0 bridgehead atoms. The maximum absolute atomic E-state index is 9.38. The van der Waals surface area contributed by atoms with Crippen molar-refractivity contribution in [1.82, 2.24) is 0 Å². The monoisotopic (exact) mass is 386 g/mol. The van der Waals surface area contributed by atoms with Crippen LogP contribution in [0.3, 0.4) is 0 Å². The molecule has 0 unspecified atom stereocenters. The molecule has 0 aliphatic heterocycles. The molecule has 0 aliphatic carbocycles. The first-order chi connectivity index (χ1) is 13.7. The summed E-state index contributed by atoms with van der Waals surface area (Å²) in [6, 6.07) is 13.9. The molecule has 0 radical (unpaired) electrons. The van der Waals surface area contributed by atoms with Gasteiger partial charge in [-0.15, -0.1) is 0 Å². The van der Waals surface area contributed by atoms with Gasteiger partial charge in [0.2, 0.25) is 0 Å². The van der Waals surface area contributed by atoms with E-state index in [4.69, 9.17) is 9.47 Å². The fourth-order valence-electron chi connectivity index (χ4n) is 3.14. The number of hydrogen-bond acceptors (Lipinski definition) is 4. The maximum atomic E-state index is 9.38. The van der Waals surface area contributed by atoms with Crippen LogP contribution in [-0.4, -0.2) is 23.4 Å². The molecule has 0 amide bonds. The molecule has 0 atom stereocenters. The third-order valence-corrected chi connectivity index (χ3v) is 4.71. The van der Waals surface area contributed by atoms with Crippen molar-refractivity contribution in [2.24, 2.45) is 0 Å². The largest absolute Gasteiger partial charge is 0.508 e. The second-order valence-corrected chi connectivity index (χ2v) is 7.23. The Balaban J connectivity index is 1.31. The molecule has 0 saturated carbocycles. The van der Waals surface area contributed by atoms with Gasteiger partial charge in [-0.3, -0.25) is 0 Å². The molecule has 2 aromatic carbocycles. The molecule has 2 N–H and O–H groups in total. The number of rotatable bonds is 15. The number of ether oxygens (including phenoxy) is 2. The minimum Gasteiger partial charge on any atom is -0.508 e. The second kappa shape index (κ2) is 13.8. The van der Waals surface area contributed by atoms with E-state index >= 15 is 0 Å². The van der Waals surface area contributed by atoms with E-state index in [1.807, 2.05) is 12.1 Å². The highest BCUT2D eigenvalue weighted by molar-refractivity contribution is 5.32. The molecule has 4 heteroatoms. The molecule has 0 aromatic heterocycles. The van der Waals surface area contributed by atoms with Crippen LogP contribution < -0.4 is 9.47 Å². The highest BCUT2D eigenvalue weighted by Gasteiger charge is 1.98. The smallest absolute Gasteiger partial charge is 0.122 e. The molecule has 0 heterocycles. The van der Waals surface area contributed by atoms with Crippen LogP contribution in [0.5, 0.6) is 23.0 Å². The van der Waals surface area contributed by atoms with E-state index in [0.29, 0.717) is 13.2 Å². The summed E-state index contributed by atoms with van der Waals surface area (Å²) in [4.78, 5) is 0. The summed E-state index contributed by atoms with van der Waals surface area (Å²) in [5.74, 6) is 1.99. The van der Waals surface area contributed by atoms with Gasteiger partial charge in [0.05, 0.1) is 13.2 Å². The SMILES string of the molecule is Oc1cccc(OCCCCCCCCCCCCOc2cccc(O)c2)c1. The van der Waals surface area contributed by atoms with Crippen LogP contribution in [-0.2, 0) is 0 Å². The van der Waals surface area contributed by atoms with Gasteiger partial charge in [-0.25, -0.2) is 0 Å². The summed E-state index contributed by atoms with van der Waals surface area (Å²) in [6.45, 7) is 1.43. The van der Waals surface area contributed by atoms with Crippen LogP contribution in [0.1, 0.15) is 64.2 Å². The van der Waals surface area contributed by atoms with Gasteiger partial charge in [0.1, 0.15) is 23.0 Å². The molecule has 0 saturated heterocycles. The third-order valence-electron chi connectivity index (χ3n) is 4.71. The first-order valence-corrected chi connectivity index (χ1v) is 10.6. The molecule has 0 fully saturated rings. The molecule has 4 nitrogen and oxygen atoms in total. The van der Waals surface area contributed by atoms with Crippen LogP contribution in [0.25, 0.3) is 0 Å². The van der Waals surface area contributed by atoms with Crippen molar-refractivity contribution in [3.63, 3.8) is 0 Å². The van der Waals surface area contributed by atoms with Gasteiger partial charge in [-0.1, -0.05) is 63.5 Å². The fourth-order valence-corrected chi connectivity index (χ4v) is 3.14. The molecular weight excluding hydrogens is 352 g/mol. The molecule has 154 valence electrons. The van der Waals surface area contributed by atoms with E-state index < -0.39 is 0 Å². The number of aromatic hydroxyl groups is 2. The van der Waals surface area contributed by atoms with Gasteiger partial charge < -0.3 is 19.7 Å². The summed E-state index contributed by atoms with van der Waals surface area (Å²) >= 11 is 0. The van der Waals surface area contributed by atoms with Gasteiger partial charge in [0.25, 0.3) is 0 Å². The lowest BCUT2D eigenvalue weighted by Gasteiger charge is -2.07. The lowest BCUT2D eigenvalue weighted by Crippen LogP contribution is -1.97. The van der Waals surface area contributed by atoms with Crippen molar-refractivity contribution in [2.75, 3.05) is 13.2 Å². The van der Waals surface area contributed by atoms with Gasteiger partial charge in [0, 0.05) is 12.1 Å².